The van der Waals surface area contributed by atoms with Gasteiger partial charge in [0.15, 0.2) is 5.96 Å². The molecule has 8 heteroatoms. The first-order chi connectivity index (χ1) is 10.5. The monoisotopic (exact) mass is 360 g/mol. The maximum Gasteiger partial charge on any atom is 0.209 e. The maximum absolute atomic E-state index is 11.4. The Balaban J connectivity index is 2.66. The fourth-order valence-corrected chi connectivity index (χ4v) is 3.50. The van der Waals surface area contributed by atoms with Crippen LogP contribution in [0.2, 0.25) is 5.02 Å². The molecule has 1 aromatic rings. The van der Waals surface area contributed by atoms with Crippen molar-refractivity contribution in [3.8, 4) is 0 Å². The first-order valence-electron chi connectivity index (χ1n) is 7.17. The van der Waals surface area contributed by atoms with E-state index in [9.17, 15) is 8.42 Å². The molecule has 0 saturated heterocycles. The van der Waals surface area contributed by atoms with Gasteiger partial charge in [-0.1, -0.05) is 23.7 Å². The first kappa shape index (κ1) is 19.7. The molecule has 0 aliphatic carbocycles. The molecule has 0 fully saturated rings. The van der Waals surface area contributed by atoms with Crippen LogP contribution in [-0.2, 0) is 16.6 Å². The van der Waals surface area contributed by atoms with Gasteiger partial charge in [0.1, 0.15) is 0 Å². The Kier molecular flexibility index (Phi) is 6.85. The maximum atomic E-state index is 11.4. The van der Waals surface area contributed by atoms with Gasteiger partial charge in [-0.15, -0.1) is 0 Å². The number of aliphatic imine (C=N–C) groups is 1. The highest BCUT2D eigenvalue weighted by Crippen LogP contribution is 2.12. The average Bonchev–Trinajstić information content (AvgIpc) is 2.36. The second-order valence-electron chi connectivity index (χ2n) is 6.14. The van der Waals surface area contributed by atoms with E-state index in [0.29, 0.717) is 24.1 Å². The van der Waals surface area contributed by atoms with E-state index in [1.54, 1.807) is 7.05 Å². The van der Waals surface area contributed by atoms with E-state index in [0.717, 1.165) is 11.8 Å². The van der Waals surface area contributed by atoms with Gasteiger partial charge in [0, 0.05) is 37.7 Å². The number of sulfonamides is 1. The van der Waals surface area contributed by atoms with Crippen molar-refractivity contribution in [3.05, 3.63) is 34.9 Å². The third kappa shape index (κ3) is 7.67. The van der Waals surface area contributed by atoms with Crippen molar-refractivity contribution < 1.29 is 8.42 Å². The fourth-order valence-electron chi connectivity index (χ4n) is 2.21. The Hall–Kier alpha value is -1.31. The molecular formula is C15H25ClN4O2S. The van der Waals surface area contributed by atoms with Crippen LogP contribution in [0.3, 0.4) is 0 Å². The van der Waals surface area contributed by atoms with Gasteiger partial charge in [0.25, 0.3) is 0 Å². The van der Waals surface area contributed by atoms with Gasteiger partial charge in [-0.3, -0.25) is 4.99 Å². The summed E-state index contributed by atoms with van der Waals surface area (Å²) in [7, 11) is 0.330. The van der Waals surface area contributed by atoms with Crippen LogP contribution in [0.15, 0.2) is 29.3 Å². The molecule has 0 radical (unpaired) electrons. The van der Waals surface area contributed by atoms with Crippen LogP contribution >= 0.6 is 11.6 Å². The van der Waals surface area contributed by atoms with Gasteiger partial charge in [-0.05, 0) is 31.5 Å². The highest BCUT2D eigenvalue weighted by molar-refractivity contribution is 7.88. The van der Waals surface area contributed by atoms with Crippen molar-refractivity contribution in [2.45, 2.75) is 25.9 Å². The molecule has 6 nitrogen and oxygen atoms in total. The molecule has 130 valence electrons. The molecule has 23 heavy (non-hydrogen) atoms. The second-order valence-corrected chi connectivity index (χ2v) is 8.33. The van der Waals surface area contributed by atoms with Gasteiger partial charge in [-0.25, -0.2) is 13.1 Å². The number of nitrogens with zero attached hydrogens (tertiary/aromatic N) is 2. The van der Waals surface area contributed by atoms with Gasteiger partial charge in [-0.2, -0.15) is 0 Å². The van der Waals surface area contributed by atoms with Crippen molar-refractivity contribution in [2.75, 3.05) is 26.9 Å². The molecule has 0 spiro atoms. The summed E-state index contributed by atoms with van der Waals surface area (Å²) in [5.74, 6) is 0.674. The summed E-state index contributed by atoms with van der Waals surface area (Å²) in [5, 5.41) is 3.87. The molecule has 0 aliphatic heterocycles. The molecule has 0 saturated carbocycles. The fraction of sp³-hybridized carbons (Fsp3) is 0.533. The Labute approximate surface area is 144 Å². The lowest BCUT2D eigenvalue weighted by Crippen LogP contribution is -2.53. The largest absolute Gasteiger partial charge is 0.354 e. The Morgan fingerprint density at radius 1 is 1.39 bits per heavy atom. The summed E-state index contributed by atoms with van der Waals surface area (Å²) in [6.45, 7) is 4.67. The van der Waals surface area contributed by atoms with E-state index >= 15 is 0 Å². The SMILES string of the molecule is CN=C(NCC(C)(C)NS(C)(=O)=O)N(C)Cc1cccc(Cl)c1. The summed E-state index contributed by atoms with van der Waals surface area (Å²) < 4.78 is 25.3. The third-order valence-corrected chi connectivity index (χ3v) is 4.19. The molecule has 0 amide bonds. The van der Waals surface area contributed by atoms with Crippen LogP contribution in [-0.4, -0.2) is 51.7 Å². The van der Waals surface area contributed by atoms with E-state index in [4.69, 9.17) is 11.6 Å². The molecule has 0 unspecified atom stereocenters. The van der Waals surface area contributed by atoms with Crippen LogP contribution in [0, 0.1) is 0 Å². The first-order valence-corrected chi connectivity index (χ1v) is 9.44. The smallest absolute Gasteiger partial charge is 0.209 e. The summed E-state index contributed by atoms with van der Waals surface area (Å²) in [4.78, 5) is 6.17. The van der Waals surface area contributed by atoms with Crippen molar-refractivity contribution in [2.24, 2.45) is 4.99 Å². The van der Waals surface area contributed by atoms with Crippen molar-refractivity contribution in [1.82, 2.24) is 14.9 Å². The van der Waals surface area contributed by atoms with Crippen LogP contribution < -0.4 is 10.0 Å². The highest BCUT2D eigenvalue weighted by atomic mass is 35.5. The zero-order valence-electron chi connectivity index (χ0n) is 14.2. The quantitative estimate of drug-likeness (QED) is 0.598. The summed E-state index contributed by atoms with van der Waals surface area (Å²) in [6.07, 6.45) is 1.15. The summed E-state index contributed by atoms with van der Waals surface area (Å²) in [5.41, 5.74) is 0.442. The third-order valence-electron chi connectivity index (χ3n) is 3.03. The van der Waals surface area contributed by atoms with Crippen LogP contribution in [0.1, 0.15) is 19.4 Å². The molecule has 0 heterocycles. The zero-order valence-corrected chi connectivity index (χ0v) is 15.8. The van der Waals surface area contributed by atoms with Crippen LogP contribution in [0.4, 0.5) is 0 Å². The number of hydrogen-bond acceptors (Lipinski definition) is 3. The van der Waals surface area contributed by atoms with Crippen LogP contribution in [0.25, 0.3) is 0 Å². The predicted octanol–water partition coefficient (Wildman–Crippen LogP) is 1.68. The Bertz CT molecular complexity index is 659. The minimum atomic E-state index is -3.27. The number of hydrogen-bond donors (Lipinski definition) is 2. The average molecular weight is 361 g/mol. The van der Waals surface area contributed by atoms with E-state index in [1.807, 2.05) is 50.1 Å². The van der Waals surface area contributed by atoms with Gasteiger partial charge < -0.3 is 10.2 Å². The lowest BCUT2D eigenvalue weighted by molar-refractivity contribution is 0.422. The molecule has 1 aromatic carbocycles. The Morgan fingerprint density at radius 3 is 2.57 bits per heavy atom. The number of rotatable bonds is 6. The number of halogens is 1. The number of guanidine groups is 1. The predicted molar refractivity (Wildman–Crippen MR) is 96.3 cm³/mol. The van der Waals surface area contributed by atoms with Crippen molar-refractivity contribution in [3.63, 3.8) is 0 Å². The lowest BCUT2D eigenvalue weighted by atomic mass is 10.1. The van der Waals surface area contributed by atoms with Gasteiger partial charge in [0.05, 0.1) is 6.26 Å². The van der Waals surface area contributed by atoms with E-state index < -0.39 is 15.6 Å². The molecule has 0 aliphatic rings. The Morgan fingerprint density at radius 2 is 2.04 bits per heavy atom. The van der Waals surface area contributed by atoms with E-state index in [2.05, 4.69) is 15.0 Å². The molecule has 2 N–H and O–H groups in total. The minimum Gasteiger partial charge on any atom is -0.354 e. The highest BCUT2D eigenvalue weighted by Gasteiger charge is 2.22. The van der Waals surface area contributed by atoms with Gasteiger partial charge in [0.2, 0.25) is 10.0 Å². The molecular weight excluding hydrogens is 336 g/mol. The molecule has 0 aromatic heterocycles. The summed E-state index contributed by atoms with van der Waals surface area (Å²) in [6, 6.07) is 7.63. The van der Waals surface area contributed by atoms with E-state index in [1.165, 1.54) is 0 Å². The van der Waals surface area contributed by atoms with Crippen molar-refractivity contribution in [1.29, 1.82) is 0 Å². The topological polar surface area (TPSA) is 73.8 Å². The minimum absolute atomic E-state index is 0.409. The number of benzene rings is 1. The lowest BCUT2D eigenvalue weighted by Gasteiger charge is -2.29. The summed E-state index contributed by atoms with van der Waals surface area (Å²) >= 11 is 5.99. The second kappa shape index (κ2) is 7.99. The van der Waals surface area contributed by atoms with Crippen molar-refractivity contribution >= 4 is 27.6 Å². The zero-order chi connectivity index (χ0) is 17.7. The number of nitrogens with one attached hydrogen (secondary N) is 2. The molecule has 1 rings (SSSR count). The molecule has 0 atom stereocenters. The van der Waals surface area contributed by atoms with Gasteiger partial charge >= 0.3 is 0 Å². The van der Waals surface area contributed by atoms with E-state index in [-0.39, 0.29) is 0 Å². The van der Waals surface area contributed by atoms with Crippen LogP contribution in [0.5, 0.6) is 0 Å². The molecule has 0 bridgehead atoms. The standard InChI is InChI=1S/C15H25ClN4O2S/c1-15(2,19-23(5,21)22)11-18-14(17-3)20(4)10-12-7-6-8-13(16)9-12/h6-9,19H,10-11H2,1-5H3,(H,17,18). The normalized spacial score (nSPS) is 13.0.